The molecule has 1 saturated heterocycles. The lowest BCUT2D eigenvalue weighted by atomic mass is 10.1. The summed E-state index contributed by atoms with van der Waals surface area (Å²) in [7, 11) is 0. The molecule has 0 aliphatic carbocycles. The predicted molar refractivity (Wildman–Crippen MR) is 112 cm³/mol. The Morgan fingerprint density at radius 2 is 1.77 bits per heavy atom. The van der Waals surface area contributed by atoms with Crippen LogP contribution in [0.25, 0.3) is 11.4 Å². The highest BCUT2D eigenvalue weighted by atomic mass is 16.5. The molecule has 1 aliphatic rings. The lowest BCUT2D eigenvalue weighted by molar-refractivity contribution is -0.191. The molecule has 0 unspecified atom stereocenters. The van der Waals surface area contributed by atoms with Gasteiger partial charge in [0.05, 0.1) is 13.2 Å². The quantitative estimate of drug-likeness (QED) is 0.774. The van der Waals surface area contributed by atoms with Crippen LogP contribution in [0.3, 0.4) is 0 Å². The number of hydrogen-bond acceptors (Lipinski definition) is 7. The standard InChI is InChI=1S/C20H27N5O2.CO2/c1-4-17-14(3)19(25-10-12-27-13-11-25)24-18(23-17)15-6-8-16(9-7-15)22-20(26)21-5-2;2-1-3/h6-9H,4-5,10-13H2,1-3H3,(H2,21,22,26);. The average molecular weight is 413 g/mol. The van der Waals surface area contributed by atoms with Gasteiger partial charge in [0, 0.05) is 42.1 Å². The molecule has 0 saturated carbocycles. The molecule has 0 atom stereocenters. The van der Waals surface area contributed by atoms with E-state index in [4.69, 9.17) is 24.3 Å². The number of anilines is 2. The number of morpholine rings is 1. The number of nitrogens with zero attached hydrogens (tertiary/aromatic N) is 3. The summed E-state index contributed by atoms with van der Waals surface area (Å²) in [5, 5.41) is 5.52. The number of urea groups is 1. The van der Waals surface area contributed by atoms with Crippen LogP contribution in [0.15, 0.2) is 24.3 Å². The monoisotopic (exact) mass is 413 g/mol. The third-order valence-corrected chi connectivity index (χ3v) is 4.60. The van der Waals surface area contributed by atoms with Crippen molar-refractivity contribution < 1.29 is 19.1 Å². The number of carbonyl (C=O) groups is 1. The van der Waals surface area contributed by atoms with E-state index in [1.807, 2.05) is 31.2 Å². The second-order valence-corrected chi connectivity index (χ2v) is 6.54. The zero-order valence-electron chi connectivity index (χ0n) is 17.5. The van der Waals surface area contributed by atoms with E-state index in [1.165, 1.54) is 0 Å². The van der Waals surface area contributed by atoms with Gasteiger partial charge in [-0.3, -0.25) is 0 Å². The second-order valence-electron chi connectivity index (χ2n) is 6.54. The van der Waals surface area contributed by atoms with Crippen LogP contribution in [0.5, 0.6) is 0 Å². The number of carbonyl (C=O) groups excluding carboxylic acids is 3. The zero-order valence-corrected chi connectivity index (χ0v) is 17.5. The second kappa shape index (κ2) is 11.6. The molecular weight excluding hydrogens is 386 g/mol. The summed E-state index contributed by atoms with van der Waals surface area (Å²) < 4.78 is 5.47. The number of rotatable bonds is 5. The van der Waals surface area contributed by atoms with Crippen LogP contribution in [0, 0.1) is 6.92 Å². The molecule has 2 amide bonds. The fourth-order valence-corrected chi connectivity index (χ4v) is 3.14. The SMILES string of the molecule is CCNC(=O)Nc1ccc(-c2nc(CC)c(C)c(N3CCOCC3)n2)cc1.O=C=O. The summed E-state index contributed by atoms with van der Waals surface area (Å²) in [6, 6.07) is 7.41. The summed E-state index contributed by atoms with van der Waals surface area (Å²) in [6.07, 6.45) is 1.11. The Hall–Kier alpha value is -3.29. The van der Waals surface area contributed by atoms with Gasteiger partial charge in [0.1, 0.15) is 5.82 Å². The van der Waals surface area contributed by atoms with Crippen LogP contribution >= 0.6 is 0 Å². The van der Waals surface area contributed by atoms with E-state index < -0.39 is 0 Å². The van der Waals surface area contributed by atoms with Gasteiger partial charge in [-0.25, -0.2) is 14.8 Å². The van der Waals surface area contributed by atoms with E-state index >= 15 is 0 Å². The minimum absolute atomic E-state index is 0.209. The number of ether oxygens (including phenoxy) is 1. The van der Waals surface area contributed by atoms with Crippen LogP contribution in [-0.2, 0) is 20.7 Å². The number of benzene rings is 1. The van der Waals surface area contributed by atoms with Crippen LogP contribution in [-0.4, -0.2) is 55.0 Å². The Kier molecular flexibility index (Phi) is 8.93. The molecule has 160 valence electrons. The molecule has 9 heteroatoms. The number of amides is 2. The summed E-state index contributed by atoms with van der Waals surface area (Å²) >= 11 is 0. The molecule has 1 aromatic carbocycles. The van der Waals surface area contributed by atoms with Crippen LogP contribution in [0.4, 0.5) is 16.3 Å². The number of hydrogen-bond donors (Lipinski definition) is 2. The van der Waals surface area contributed by atoms with Crippen LogP contribution in [0.2, 0.25) is 0 Å². The smallest absolute Gasteiger partial charge is 0.373 e. The molecule has 30 heavy (non-hydrogen) atoms. The summed E-state index contributed by atoms with van der Waals surface area (Å²) in [6.45, 7) is 9.81. The minimum Gasteiger partial charge on any atom is -0.378 e. The van der Waals surface area contributed by atoms with Crippen LogP contribution < -0.4 is 15.5 Å². The Bertz CT molecular complexity index is 874. The van der Waals surface area contributed by atoms with Crippen molar-refractivity contribution in [3.63, 3.8) is 0 Å². The van der Waals surface area contributed by atoms with Gasteiger partial charge in [0.15, 0.2) is 5.82 Å². The van der Waals surface area contributed by atoms with Gasteiger partial charge < -0.3 is 20.3 Å². The third kappa shape index (κ3) is 6.10. The van der Waals surface area contributed by atoms with Crippen molar-refractivity contribution in [1.82, 2.24) is 15.3 Å². The van der Waals surface area contributed by atoms with Crippen molar-refractivity contribution in [2.75, 3.05) is 43.1 Å². The molecule has 2 heterocycles. The molecule has 0 spiro atoms. The minimum atomic E-state index is -0.209. The highest BCUT2D eigenvalue weighted by Crippen LogP contribution is 2.26. The molecule has 2 N–H and O–H groups in total. The van der Waals surface area contributed by atoms with Crippen molar-refractivity contribution in [3.05, 3.63) is 35.5 Å². The normalized spacial score (nSPS) is 13.0. The topological polar surface area (TPSA) is 114 Å². The van der Waals surface area contributed by atoms with Crippen molar-refractivity contribution in [1.29, 1.82) is 0 Å². The van der Waals surface area contributed by atoms with E-state index in [2.05, 4.69) is 29.4 Å². The van der Waals surface area contributed by atoms with Gasteiger partial charge in [-0.15, -0.1) is 0 Å². The number of aromatic nitrogens is 2. The molecule has 2 aromatic rings. The van der Waals surface area contributed by atoms with Gasteiger partial charge in [-0.2, -0.15) is 9.59 Å². The molecular formula is C21H27N5O4. The van der Waals surface area contributed by atoms with E-state index in [0.717, 1.165) is 61.1 Å². The van der Waals surface area contributed by atoms with Gasteiger partial charge >= 0.3 is 12.2 Å². The average Bonchev–Trinajstić information content (AvgIpc) is 2.76. The predicted octanol–water partition coefficient (Wildman–Crippen LogP) is 2.41. The molecule has 1 aromatic heterocycles. The Balaban J connectivity index is 0.00000101. The highest BCUT2D eigenvalue weighted by molar-refractivity contribution is 5.89. The fraction of sp³-hybridized carbons (Fsp3) is 0.429. The first-order chi connectivity index (χ1) is 14.5. The molecule has 9 nitrogen and oxygen atoms in total. The molecule has 1 aliphatic heterocycles. The van der Waals surface area contributed by atoms with E-state index in [1.54, 1.807) is 0 Å². The van der Waals surface area contributed by atoms with E-state index in [0.29, 0.717) is 12.4 Å². The Morgan fingerprint density at radius 1 is 1.13 bits per heavy atom. The highest BCUT2D eigenvalue weighted by Gasteiger charge is 2.19. The van der Waals surface area contributed by atoms with E-state index in [9.17, 15) is 4.79 Å². The van der Waals surface area contributed by atoms with Gasteiger partial charge in [0.2, 0.25) is 0 Å². The first-order valence-electron chi connectivity index (χ1n) is 9.88. The molecule has 0 bridgehead atoms. The summed E-state index contributed by atoms with van der Waals surface area (Å²) in [5.41, 5.74) is 3.87. The lowest BCUT2D eigenvalue weighted by Gasteiger charge is -2.29. The molecule has 0 radical (unpaired) electrons. The first-order valence-corrected chi connectivity index (χ1v) is 9.88. The van der Waals surface area contributed by atoms with Crippen molar-refractivity contribution in [2.24, 2.45) is 0 Å². The molecule has 3 rings (SSSR count). The van der Waals surface area contributed by atoms with Crippen LogP contribution in [0.1, 0.15) is 25.1 Å². The number of aryl methyl sites for hydroxylation is 1. The number of nitrogens with one attached hydrogen (secondary N) is 2. The maximum absolute atomic E-state index is 11.6. The van der Waals surface area contributed by atoms with E-state index in [-0.39, 0.29) is 12.2 Å². The summed E-state index contributed by atoms with van der Waals surface area (Å²) in [4.78, 5) is 39.8. The lowest BCUT2D eigenvalue weighted by Crippen LogP contribution is -2.37. The zero-order chi connectivity index (χ0) is 21.9. The Morgan fingerprint density at radius 3 is 2.33 bits per heavy atom. The maximum Gasteiger partial charge on any atom is 0.373 e. The molecule has 1 fully saturated rings. The largest absolute Gasteiger partial charge is 0.378 e. The van der Waals surface area contributed by atoms with Crippen molar-refractivity contribution >= 4 is 23.7 Å². The van der Waals surface area contributed by atoms with Gasteiger partial charge in [0.25, 0.3) is 0 Å². The van der Waals surface area contributed by atoms with Gasteiger partial charge in [-0.05, 0) is 44.5 Å². The summed E-state index contributed by atoms with van der Waals surface area (Å²) in [5.74, 6) is 1.70. The Labute approximate surface area is 175 Å². The van der Waals surface area contributed by atoms with Crippen molar-refractivity contribution in [2.45, 2.75) is 27.2 Å². The first kappa shape index (κ1) is 23.0. The maximum atomic E-state index is 11.6. The third-order valence-electron chi connectivity index (χ3n) is 4.60. The van der Waals surface area contributed by atoms with Gasteiger partial charge in [-0.1, -0.05) is 6.92 Å². The van der Waals surface area contributed by atoms with Crippen molar-refractivity contribution in [3.8, 4) is 11.4 Å². The fourth-order valence-electron chi connectivity index (χ4n) is 3.14.